The summed E-state index contributed by atoms with van der Waals surface area (Å²) in [5, 5.41) is 13.2. The number of aliphatic hydroxyl groups excluding tert-OH is 1. The lowest BCUT2D eigenvalue weighted by molar-refractivity contribution is 0.141. The summed E-state index contributed by atoms with van der Waals surface area (Å²) in [6.07, 6.45) is 2.93. The van der Waals surface area contributed by atoms with Gasteiger partial charge in [-0.25, -0.2) is 0 Å². The van der Waals surface area contributed by atoms with Gasteiger partial charge in [0.15, 0.2) is 0 Å². The molecule has 4 N–H and O–H groups in total. The Morgan fingerprint density at radius 3 is 2.65 bits per heavy atom. The molecular weight excluding hydrogens is 212 g/mol. The van der Waals surface area contributed by atoms with E-state index in [-0.39, 0.29) is 6.04 Å². The van der Waals surface area contributed by atoms with Crippen molar-refractivity contribution in [3.8, 4) is 0 Å². The molecule has 2 atom stereocenters. The highest BCUT2D eigenvalue weighted by molar-refractivity contribution is 5.16. The van der Waals surface area contributed by atoms with E-state index in [1.807, 2.05) is 30.3 Å². The van der Waals surface area contributed by atoms with E-state index < -0.39 is 6.10 Å². The van der Waals surface area contributed by atoms with Gasteiger partial charge in [0, 0.05) is 12.6 Å². The molecule has 3 heteroatoms. The molecule has 1 aromatic rings. The second-order valence-electron chi connectivity index (χ2n) is 5.02. The predicted octanol–water partition coefficient (Wildman–Crippen LogP) is 0.917. The maximum Gasteiger partial charge on any atom is 0.0818 e. The Labute approximate surface area is 103 Å². The second-order valence-corrected chi connectivity index (χ2v) is 5.02. The van der Waals surface area contributed by atoms with Crippen molar-refractivity contribution in [1.82, 2.24) is 5.32 Å². The zero-order valence-corrected chi connectivity index (χ0v) is 10.2. The molecule has 1 saturated carbocycles. The van der Waals surface area contributed by atoms with Crippen LogP contribution in [0.3, 0.4) is 0 Å². The minimum atomic E-state index is -0.464. The number of hydrogen-bond acceptors (Lipinski definition) is 3. The Hall–Kier alpha value is -0.900. The quantitative estimate of drug-likeness (QED) is 0.657. The van der Waals surface area contributed by atoms with Gasteiger partial charge < -0.3 is 16.2 Å². The minimum absolute atomic E-state index is 0.191. The summed E-state index contributed by atoms with van der Waals surface area (Å²) in [7, 11) is 0. The van der Waals surface area contributed by atoms with Crippen molar-refractivity contribution < 1.29 is 5.11 Å². The maximum absolute atomic E-state index is 9.92. The number of rotatable bonds is 7. The van der Waals surface area contributed by atoms with E-state index in [4.69, 9.17) is 5.73 Å². The van der Waals surface area contributed by atoms with Gasteiger partial charge in [0.2, 0.25) is 0 Å². The monoisotopic (exact) mass is 234 g/mol. The number of nitrogens with two attached hydrogens (primary N) is 1. The molecule has 3 nitrogen and oxygen atoms in total. The minimum Gasteiger partial charge on any atom is -0.390 e. The molecule has 94 valence electrons. The summed E-state index contributed by atoms with van der Waals surface area (Å²) >= 11 is 0. The summed E-state index contributed by atoms with van der Waals surface area (Å²) < 4.78 is 0. The molecule has 1 fully saturated rings. The highest BCUT2D eigenvalue weighted by atomic mass is 16.3. The Bertz CT molecular complexity index is 324. The molecule has 0 heterocycles. The van der Waals surface area contributed by atoms with Crippen LogP contribution in [0.2, 0.25) is 0 Å². The first kappa shape index (κ1) is 12.6. The average Bonchev–Trinajstić information content (AvgIpc) is 3.14. The van der Waals surface area contributed by atoms with Gasteiger partial charge in [-0.05, 0) is 37.3 Å². The van der Waals surface area contributed by atoms with E-state index in [1.54, 1.807) is 0 Å². The SMILES string of the molecule is N[C@@H](Cc1ccccc1)[C@@H](O)CNCC1CC1. The Morgan fingerprint density at radius 1 is 1.29 bits per heavy atom. The van der Waals surface area contributed by atoms with Gasteiger partial charge in [-0.2, -0.15) is 0 Å². The molecular formula is C14H22N2O. The van der Waals surface area contributed by atoms with Crippen LogP contribution in [0.1, 0.15) is 18.4 Å². The third-order valence-electron chi connectivity index (χ3n) is 3.29. The van der Waals surface area contributed by atoms with Gasteiger partial charge in [-0.3, -0.25) is 0 Å². The van der Waals surface area contributed by atoms with Crippen LogP contribution in [-0.4, -0.2) is 30.3 Å². The first-order chi connectivity index (χ1) is 8.25. The van der Waals surface area contributed by atoms with Crippen LogP contribution >= 0.6 is 0 Å². The van der Waals surface area contributed by atoms with Crippen LogP contribution in [0.4, 0.5) is 0 Å². The zero-order valence-electron chi connectivity index (χ0n) is 10.2. The van der Waals surface area contributed by atoms with Gasteiger partial charge in [-0.1, -0.05) is 30.3 Å². The highest BCUT2D eigenvalue weighted by Gasteiger charge is 2.21. The molecule has 17 heavy (non-hydrogen) atoms. The smallest absolute Gasteiger partial charge is 0.0818 e. The number of hydrogen-bond donors (Lipinski definition) is 3. The van der Waals surface area contributed by atoms with Gasteiger partial charge in [0.25, 0.3) is 0 Å². The molecule has 1 aromatic carbocycles. The third kappa shape index (κ3) is 4.46. The molecule has 0 radical (unpaired) electrons. The lowest BCUT2D eigenvalue weighted by Gasteiger charge is -2.19. The average molecular weight is 234 g/mol. The largest absolute Gasteiger partial charge is 0.390 e. The number of nitrogens with one attached hydrogen (secondary N) is 1. The Kier molecular flexibility index (Phi) is 4.54. The van der Waals surface area contributed by atoms with E-state index in [9.17, 15) is 5.11 Å². The van der Waals surface area contributed by atoms with Crippen LogP contribution in [0, 0.1) is 5.92 Å². The van der Waals surface area contributed by atoms with Crippen molar-refractivity contribution in [3.63, 3.8) is 0 Å². The first-order valence-electron chi connectivity index (χ1n) is 6.44. The van der Waals surface area contributed by atoms with Crippen LogP contribution in [-0.2, 0) is 6.42 Å². The molecule has 0 amide bonds. The Morgan fingerprint density at radius 2 is 2.00 bits per heavy atom. The topological polar surface area (TPSA) is 58.3 Å². The van der Waals surface area contributed by atoms with Crippen molar-refractivity contribution >= 4 is 0 Å². The molecule has 0 aliphatic heterocycles. The summed E-state index contributed by atoms with van der Waals surface area (Å²) in [5.74, 6) is 0.840. The van der Waals surface area contributed by atoms with Crippen molar-refractivity contribution in [2.45, 2.75) is 31.4 Å². The fourth-order valence-corrected chi connectivity index (χ4v) is 1.93. The molecule has 1 aliphatic rings. The summed E-state index contributed by atoms with van der Waals surface area (Å²) in [6.45, 7) is 1.62. The van der Waals surface area contributed by atoms with Crippen molar-refractivity contribution in [1.29, 1.82) is 0 Å². The van der Waals surface area contributed by atoms with Crippen LogP contribution < -0.4 is 11.1 Å². The molecule has 1 aliphatic carbocycles. The maximum atomic E-state index is 9.92. The molecule has 0 spiro atoms. The first-order valence-corrected chi connectivity index (χ1v) is 6.44. The fraction of sp³-hybridized carbons (Fsp3) is 0.571. The lowest BCUT2D eigenvalue weighted by Crippen LogP contribution is -2.43. The number of benzene rings is 1. The van der Waals surface area contributed by atoms with Crippen molar-refractivity contribution in [2.24, 2.45) is 11.7 Å². The van der Waals surface area contributed by atoms with Crippen LogP contribution in [0.25, 0.3) is 0 Å². The normalized spacial score (nSPS) is 18.9. The van der Waals surface area contributed by atoms with Crippen molar-refractivity contribution in [2.75, 3.05) is 13.1 Å². The van der Waals surface area contributed by atoms with E-state index >= 15 is 0 Å². The molecule has 0 aromatic heterocycles. The number of aliphatic hydroxyl groups is 1. The van der Waals surface area contributed by atoms with Crippen LogP contribution in [0.15, 0.2) is 30.3 Å². The summed E-state index contributed by atoms with van der Waals surface area (Å²) in [5.41, 5.74) is 7.17. The molecule has 0 saturated heterocycles. The van der Waals surface area contributed by atoms with Gasteiger partial charge >= 0.3 is 0 Å². The van der Waals surface area contributed by atoms with Crippen LogP contribution in [0.5, 0.6) is 0 Å². The lowest BCUT2D eigenvalue weighted by atomic mass is 10.0. The third-order valence-corrected chi connectivity index (χ3v) is 3.29. The second kappa shape index (κ2) is 6.15. The van der Waals surface area contributed by atoms with Gasteiger partial charge in [0.1, 0.15) is 0 Å². The highest BCUT2D eigenvalue weighted by Crippen LogP contribution is 2.27. The Balaban J connectivity index is 1.68. The van der Waals surface area contributed by atoms with Gasteiger partial charge in [0.05, 0.1) is 6.10 Å². The van der Waals surface area contributed by atoms with E-state index in [2.05, 4.69) is 5.32 Å². The summed E-state index contributed by atoms with van der Waals surface area (Å²) in [6, 6.07) is 9.89. The fourth-order valence-electron chi connectivity index (χ4n) is 1.93. The van der Waals surface area contributed by atoms with E-state index in [0.29, 0.717) is 6.54 Å². The van der Waals surface area contributed by atoms with E-state index in [1.165, 1.54) is 18.4 Å². The molecule has 0 bridgehead atoms. The van der Waals surface area contributed by atoms with Crippen molar-refractivity contribution in [3.05, 3.63) is 35.9 Å². The van der Waals surface area contributed by atoms with Gasteiger partial charge in [-0.15, -0.1) is 0 Å². The molecule has 2 rings (SSSR count). The summed E-state index contributed by atoms with van der Waals surface area (Å²) in [4.78, 5) is 0. The molecule has 0 unspecified atom stereocenters. The standard InChI is InChI=1S/C14H22N2O/c15-13(8-11-4-2-1-3-5-11)14(17)10-16-9-12-6-7-12/h1-5,12-14,16-17H,6-10,15H2/t13-,14-/m0/s1. The predicted molar refractivity (Wildman–Crippen MR) is 69.7 cm³/mol. The van der Waals surface area contributed by atoms with E-state index in [0.717, 1.165) is 18.9 Å². The zero-order chi connectivity index (χ0) is 12.1.